The van der Waals surface area contributed by atoms with Crippen molar-refractivity contribution in [3.8, 4) is 0 Å². The van der Waals surface area contributed by atoms with Gasteiger partial charge in [0.2, 0.25) is 5.91 Å². The lowest BCUT2D eigenvalue weighted by molar-refractivity contribution is -0.121. The van der Waals surface area contributed by atoms with E-state index in [2.05, 4.69) is 15.0 Å². The Morgan fingerprint density at radius 1 is 1.59 bits per heavy atom. The molecule has 7 heteroatoms. The molecule has 1 aromatic heterocycles. The van der Waals surface area contributed by atoms with Gasteiger partial charge in [0, 0.05) is 19.0 Å². The summed E-state index contributed by atoms with van der Waals surface area (Å²) in [7, 11) is 0. The van der Waals surface area contributed by atoms with Crippen molar-refractivity contribution in [3.63, 3.8) is 0 Å². The van der Waals surface area contributed by atoms with Gasteiger partial charge in [0.05, 0.1) is 4.90 Å². The Morgan fingerprint density at radius 2 is 2.29 bits per heavy atom. The predicted octanol–water partition coefficient (Wildman–Crippen LogP) is 1.77. The molecule has 5 nitrogen and oxygen atoms in total. The summed E-state index contributed by atoms with van der Waals surface area (Å²) in [6.07, 6.45) is 2.40. The summed E-state index contributed by atoms with van der Waals surface area (Å²) >= 11 is 2.89. The molecule has 96 valence electrons. The van der Waals surface area contributed by atoms with Crippen molar-refractivity contribution in [1.82, 2.24) is 9.69 Å². The highest BCUT2D eigenvalue weighted by Gasteiger charge is 2.10. The highest BCUT2D eigenvalue weighted by molar-refractivity contribution is 7.99. The molecule has 0 aliphatic rings. The number of aromatic nitrogens is 1. The Hall–Kier alpha value is -0.950. The van der Waals surface area contributed by atoms with Gasteiger partial charge < -0.3 is 16.4 Å². The zero-order chi connectivity index (χ0) is 12.8. The fourth-order valence-corrected chi connectivity index (χ4v) is 2.85. The van der Waals surface area contributed by atoms with Crippen LogP contribution in [-0.4, -0.2) is 29.1 Å². The molecule has 0 saturated carbocycles. The van der Waals surface area contributed by atoms with Gasteiger partial charge >= 0.3 is 0 Å². The van der Waals surface area contributed by atoms with Crippen LogP contribution in [0.1, 0.15) is 20.3 Å². The molecular weight excluding hydrogens is 256 g/mol. The summed E-state index contributed by atoms with van der Waals surface area (Å²) < 4.78 is 4.07. The SMILES string of the molecule is CSc1c(N)nsc1NCCC(=O)NC(C)C. The van der Waals surface area contributed by atoms with Gasteiger partial charge in [-0.1, -0.05) is 0 Å². The zero-order valence-corrected chi connectivity index (χ0v) is 11.9. The maximum Gasteiger partial charge on any atom is 0.221 e. The van der Waals surface area contributed by atoms with Crippen LogP contribution in [0.3, 0.4) is 0 Å². The van der Waals surface area contributed by atoms with Gasteiger partial charge in [0.15, 0.2) is 5.82 Å². The Labute approximate surface area is 110 Å². The Bertz CT molecular complexity index is 378. The molecule has 1 rings (SSSR count). The van der Waals surface area contributed by atoms with E-state index >= 15 is 0 Å². The van der Waals surface area contributed by atoms with E-state index in [1.54, 1.807) is 11.8 Å². The molecule has 1 amide bonds. The normalized spacial score (nSPS) is 10.6. The third-order valence-electron chi connectivity index (χ3n) is 1.97. The minimum atomic E-state index is 0.0516. The van der Waals surface area contributed by atoms with Crippen molar-refractivity contribution in [1.29, 1.82) is 0 Å². The van der Waals surface area contributed by atoms with Crippen molar-refractivity contribution >= 4 is 40.0 Å². The minimum Gasteiger partial charge on any atom is -0.382 e. The van der Waals surface area contributed by atoms with E-state index in [0.717, 1.165) is 9.90 Å². The smallest absolute Gasteiger partial charge is 0.221 e. The number of nitrogens with zero attached hydrogens (tertiary/aromatic N) is 1. The summed E-state index contributed by atoms with van der Waals surface area (Å²) in [6.45, 7) is 4.48. The number of nitrogens with one attached hydrogen (secondary N) is 2. The van der Waals surface area contributed by atoms with Crippen LogP contribution < -0.4 is 16.4 Å². The topological polar surface area (TPSA) is 80.0 Å². The van der Waals surface area contributed by atoms with Crippen LogP contribution in [-0.2, 0) is 4.79 Å². The number of nitrogens with two attached hydrogens (primary N) is 1. The van der Waals surface area contributed by atoms with E-state index in [-0.39, 0.29) is 11.9 Å². The maximum atomic E-state index is 11.4. The minimum absolute atomic E-state index is 0.0516. The first-order chi connectivity index (χ1) is 8.04. The number of carbonyl (C=O) groups is 1. The lowest BCUT2D eigenvalue weighted by Crippen LogP contribution is -2.31. The molecule has 0 bridgehead atoms. The highest BCUT2D eigenvalue weighted by atomic mass is 32.2. The maximum absolute atomic E-state index is 11.4. The first-order valence-electron chi connectivity index (χ1n) is 5.37. The third kappa shape index (κ3) is 4.43. The van der Waals surface area contributed by atoms with Crippen LogP contribution in [0.5, 0.6) is 0 Å². The lowest BCUT2D eigenvalue weighted by atomic mass is 10.3. The van der Waals surface area contributed by atoms with E-state index in [9.17, 15) is 4.79 Å². The van der Waals surface area contributed by atoms with Crippen LogP contribution in [0.4, 0.5) is 10.8 Å². The fourth-order valence-electron chi connectivity index (χ4n) is 1.29. The third-order valence-corrected chi connectivity index (χ3v) is 3.74. The van der Waals surface area contributed by atoms with Crippen LogP contribution in [0, 0.1) is 0 Å². The Morgan fingerprint density at radius 3 is 2.88 bits per heavy atom. The number of anilines is 2. The van der Waals surface area contributed by atoms with Gasteiger partial charge in [-0.15, -0.1) is 11.8 Å². The molecule has 0 saturated heterocycles. The summed E-state index contributed by atoms with van der Waals surface area (Å²) in [4.78, 5) is 12.4. The van der Waals surface area contributed by atoms with E-state index in [1.807, 2.05) is 20.1 Å². The molecule has 0 aromatic carbocycles. The standard InChI is InChI=1S/C10H18N4OS2/c1-6(2)13-7(15)4-5-12-10-8(16-3)9(11)14-17-10/h6,12H,4-5H2,1-3H3,(H2,11,14)(H,13,15). The number of hydrogen-bond acceptors (Lipinski definition) is 6. The number of thioether (sulfide) groups is 1. The fraction of sp³-hybridized carbons (Fsp3) is 0.600. The van der Waals surface area contributed by atoms with E-state index in [0.29, 0.717) is 18.8 Å². The van der Waals surface area contributed by atoms with E-state index < -0.39 is 0 Å². The monoisotopic (exact) mass is 274 g/mol. The molecule has 0 fully saturated rings. The molecule has 1 heterocycles. The van der Waals surface area contributed by atoms with Crippen LogP contribution in [0.15, 0.2) is 4.90 Å². The molecule has 0 aliphatic carbocycles. The summed E-state index contributed by atoms with van der Waals surface area (Å²) in [5, 5.41) is 6.96. The Balaban J connectivity index is 2.38. The molecular formula is C10H18N4OS2. The van der Waals surface area contributed by atoms with Crippen molar-refractivity contribution < 1.29 is 4.79 Å². The second-order valence-corrected chi connectivity index (χ2v) is 5.42. The molecule has 0 radical (unpaired) electrons. The first kappa shape index (κ1) is 14.1. The van der Waals surface area contributed by atoms with E-state index in [1.165, 1.54) is 11.5 Å². The largest absolute Gasteiger partial charge is 0.382 e. The number of carbonyl (C=O) groups excluding carboxylic acids is 1. The van der Waals surface area contributed by atoms with Crippen molar-refractivity contribution in [2.75, 3.05) is 23.9 Å². The second kappa shape index (κ2) is 6.70. The summed E-state index contributed by atoms with van der Waals surface area (Å²) in [6, 6.07) is 0.184. The first-order valence-corrected chi connectivity index (χ1v) is 7.36. The molecule has 0 aliphatic heterocycles. The number of amides is 1. The molecule has 1 aromatic rings. The molecule has 17 heavy (non-hydrogen) atoms. The van der Waals surface area contributed by atoms with Gasteiger partial charge in [-0.2, -0.15) is 4.37 Å². The number of hydrogen-bond donors (Lipinski definition) is 3. The van der Waals surface area contributed by atoms with E-state index in [4.69, 9.17) is 5.73 Å². The average molecular weight is 274 g/mol. The quantitative estimate of drug-likeness (QED) is 0.689. The Kier molecular flexibility index (Phi) is 5.57. The zero-order valence-electron chi connectivity index (χ0n) is 10.2. The molecule has 0 unspecified atom stereocenters. The van der Waals surface area contributed by atoms with Gasteiger partial charge in [-0.25, -0.2) is 0 Å². The summed E-state index contributed by atoms with van der Waals surface area (Å²) in [5.74, 6) is 0.604. The average Bonchev–Trinajstić information content (AvgIpc) is 2.58. The molecule has 0 atom stereocenters. The summed E-state index contributed by atoms with van der Waals surface area (Å²) in [5.41, 5.74) is 5.71. The number of nitrogen functional groups attached to an aromatic ring is 1. The van der Waals surface area contributed by atoms with Crippen LogP contribution in [0.2, 0.25) is 0 Å². The van der Waals surface area contributed by atoms with Gasteiger partial charge in [0.1, 0.15) is 5.00 Å². The van der Waals surface area contributed by atoms with Crippen molar-refractivity contribution in [3.05, 3.63) is 0 Å². The van der Waals surface area contributed by atoms with Crippen LogP contribution in [0.25, 0.3) is 0 Å². The van der Waals surface area contributed by atoms with Crippen LogP contribution >= 0.6 is 23.3 Å². The van der Waals surface area contributed by atoms with Crippen molar-refractivity contribution in [2.24, 2.45) is 0 Å². The predicted molar refractivity (Wildman–Crippen MR) is 74.7 cm³/mol. The lowest BCUT2D eigenvalue weighted by Gasteiger charge is -2.09. The molecule has 0 spiro atoms. The molecule has 4 N–H and O–H groups in total. The van der Waals surface area contributed by atoms with Gasteiger partial charge in [0.25, 0.3) is 0 Å². The van der Waals surface area contributed by atoms with Crippen molar-refractivity contribution in [2.45, 2.75) is 31.2 Å². The second-order valence-electron chi connectivity index (χ2n) is 3.83. The highest BCUT2D eigenvalue weighted by Crippen LogP contribution is 2.34. The van der Waals surface area contributed by atoms with Gasteiger partial charge in [-0.3, -0.25) is 4.79 Å². The van der Waals surface area contributed by atoms with Gasteiger partial charge in [-0.05, 0) is 31.6 Å². The number of rotatable bonds is 6.